The maximum absolute atomic E-state index is 12.7. The molecular formula is C18H25ClN2O. The normalized spacial score (nSPS) is 23.5. The van der Waals surface area contributed by atoms with Gasteiger partial charge in [-0.25, -0.2) is 0 Å². The van der Waals surface area contributed by atoms with Gasteiger partial charge < -0.3 is 4.90 Å². The van der Waals surface area contributed by atoms with Crippen molar-refractivity contribution in [3.05, 3.63) is 34.9 Å². The highest BCUT2D eigenvalue weighted by atomic mass is 35.5. The summed E-state index contributed by atoms with van der Waals surface area (Å²) in [6, 6.07) is 8.05. The van der Waals surface area contributed by atoms with E-state index in [1.165, 1.54) is 24.8 Å². The fraction of sp³-hybridized carbons (Fsp3) is 0.611. The summed E-state index contributed by atoms with van der Waals surface area (Å²) in [5.41, 5.74) is 1.27. The van der Waals surface area contributed by atoms with E-state index in [0.29, 0.717) is 5.91 Å². The molecule has 3 nitrogen and oxygen atoms in total. The molecule has 0 unspecified atom stereocenters. The first-order chi connectivity index (χ1) is 10.7. The van der Waals surface area contributed by atoms with E-state index in [1.807, 2.05) is 12.1 Å². The monoisotopic (exact) mass is 320 g/mol. The van der Waals surface area contributed by atoms with E-state index in [2.05, 4.69) is 21.9 Å². The second-order valence-corrected chi connectivity index (χ2v) is 7.02. The van der Waals surface area contributed by atoms with Crippen LogP contribution in [0.15, 0.2) is 24.3 Å². The molecule has 0 saturated carbocycles. The summed E-state index contributed by atoms with van der Waals surface area (Å²) < 4.78 is 0. The Hall–Kier alpha value is -1.06. The van der Waals surface area contributed by atoms with E-state index in [0.717, 1.165) is 50.6 Å². The SMILES string of the molecule is O=C([C@@H]1CCCN(Cc2ccc(Cl)cc2)C1)N1CCCCC1. The average molecular weight is 321 g/mol. The first-order valence-electron chi connectivity index (χ1n) is 8.48. The van der Waals surface area contributed by atoms with E-state index >= 15 is 0 Å². The molecule has 0 aliphatic carbocycles. The quantitative estimate of drug-likeness (QED) is 0.850. The second-order valence-electron chi connectivity index (χ2n) is 6.59. The Morgan fingerprint density at radius 2 is 1.77 bits per heavy atom. The number of nitrogens with zero attached hydrogens (tertiary/aromatic N) is 2. The molecule has 1 atom stereocenters. The molecule has 0 N–H and O–H groups in total. The van der Waals surface area contributed by atoms with Crippen LogP contribution in [0, 0.1) is 5.92 Å². The van der Waals surface area contributed by atoms with Gasteiger partial charge in [-0.1, -0.05) is 23.7 Å². The van der Waals surface area contributed by atoms with Crippen molar-refractivity contribution < 1.29 is 4.79 Å². The lowest BCUT2D eigenvalue weighted by Crippen LogP contribution is -2.46. The van der Waals surface area contributed by atoms with Crippen molar-refractivity contribution in [2.24, 2.45) is 5.92 Å². The Morgan fingerprint density at radius 1 is 1.05 bits per heavy atom. The summed E-state index contributed by atoms with van der Waals surface area (Å²) in [5, 5.41) is 0.778. The van der Waals surface area contributed by atoms with E-state index in [4.69, 9.17) is 11.6 Å². The second kappa shape index (κ2) is 7.47. The molecule has 2 fully saturated rings. The number of carbonyl (C=O) groups is 1. The molecule has 2 aliphatic rings. The van der Waals surface area contributed by atoms with Crippen molar-refractivity contribution in [1.29, 1.82) is 0 Å². The number of hydrogen-bond donors (Lipinski definition) is 0. The fourth-order valence-corrected chi connectivity index (χ4v) is 3.75. The standard InChI is InChI=1S/C18H25ClN2O/c19-17-8-6-15(7-9-17)13-20-10-4-5-16(14-20)18(22)21-11-2-1-3-12-21/h6-9,16H,1-5,10-14H2/t16-/m1/s1. The van der Waals surface area contributed by atoms with Crippen LogP contribution >= 0.6 is 11.6 Å². The van der Waals surface area contributed by atoms with Gasteiger partial charge in [0.2, 0.25) is 5.91 Å². The van der Waals surface area contributed by atoms with Gasteiger partial charge in [0.25, 0.3) is 0 Å². The maximum atomic E-state index is 12.7. The molecule has 120 valence electrons. The predicted octanol–water partition coefficient (Wildman–Crippen LogP) is 3.56. The maximum Gasteiger partial charge on any atom is 0.226 e. The van der Waals surface area contributed by atoms with Crippen molar-refractivity contribution in [1.82, 2.24) is 9.80 Å². The molecule has 0 radical (unpaired) electrons. The Balaban J connectivity index is 1.56. The van der Waals surface area contributed by atoms with Crippen molar-refractivity contribution in [3.8, 4) is 0 Å². The van der Waals surface area contributed by atoms with Crippen LogP contribution in [0.2, 0.25) is 5.02 Å². The summed E-state index contributed by atoms with van der Waals surface area (Å²) >= 11 is 5.94. The van der Waals surface area contributed by atoms with Gasteiger partial charge >= 0.3 is 0 Å². The predicted molar refractivity (Wildman–Crippen MR) is 89.9 cm³/mol. The van der Waals surface area contributed by atoms with E-state index in [9.17, 15) is 4.79 Å². The number of hydrogen-bond acceptors (Lipinski definition) is 2. The third kappa shape index (κ3) is 4.02. The van der Waals surface area contributed by atoms with Crippen LogP contribution < -0.4 is 0 Å². The zero-order valence-corrected chi connectivity index (χ0v) is 13.9. The Morgan fingerprint density at radius 3 is 2.50 bits per heavy atom. The summed E-state index contributed by atoms with van der Waals surface area (Å²) in [4.78, 5) is 17.2. The molecule has 3 rings (SSSR count). The number of piperidine rings is 2. The largest absolute Gasteiger partial charge is 0.342 e. The third-order valence-corrected chi connectivity index (χ3v) is 5.09. The van der Waals surface area contributed by atoms with Crippen LogP contribution in [0.5, 0.6) is 0 Å². The topological polar surface area (TPSA) is 23.6 Å². The van der Waals surface area contributed by atoms with Gasteiger partial charge in [0.05, 0.1) is 5.92 Å². The molecule has 1 amide bonds. The molecule has 0 bridgehead atoms. The van der Waals surface area contributed by atoms with Crippen LogP contribution in [0.3, 0.4) is 0 Å². The third-order valence-electron chi connectivity index (χ3n) is 4.84. The molecule has 0 aromatic heterocycles. The first-order valence-corrected chi connectivity index (χ1v) is 8.86. The van der Waals surface area contributed by atoms with Crippen LogP contribution in [0.4, 0.5) is 0 Å². The molecule has 0 spiro atoms. The van der Waals surface area contributed by atoms with Crippen molar-refractivity contribution in [2.45, 2.75) is 38.6 Å². The van der Waals surface area contributed by atoms with Gasteiger partial charge in [-0.15, -0.1) is 0 Å². The van der Waals surface area contributed by atoms with Gasteiger partial charge in [0.1, 0.15) is 0 Å². The van der Waals surface area contributed by atoms with Crippen LogP contribution in [0.1, 0.15) is 37.7 Å². The lowest BCUT2D eigenvalue weighted by atomic mass is 9.95. The lowest BCUT2D eigenvalue weighted by Gasteiger charge is -2.36. The van der Waals surface area contributed by atoms with Gasteiger partial charge in [-0.3, -0.25) is 9.69 Å². The zero-order valence-electron chi connectivity index (χ0n) is 13.1. The molecular weight excluding hydrogens is 296 g/mol. The number of halogens is 1. The molecule has 2 aliphatic heterocycles. The van der Waals surface area contributed by atoms with Crippen LogP contribution in [-0.2, 0) is 11.3 Å². The van der Waals surface area contributed by atoms with Crippen molar-refractivity contribution in [2.75, 3.05) is 26.2 Å². The molecule has 22 heavy (non-hydrogen) atoms. The number of likely N-dealkylation sites (tertiary alicyclic amines) is 2. The highest BCUT2D eigenvalue weighted by Gasteiger charge is 2.29. The van der Waals surface area contributed by atoms with Gasteiger partial charge in [-0.2, -0.15) is 0 Å². The Labute approximate surface area is 138 Å². The zero-order chi connectivity index (χ0) is 15.4. The van der Waals surface area contributed by atoms with Gasteiger partial charge in [0, 0.05) is 31.2 Å². The van der Waals surface area contributed by atoms with Crippen molar-refractivity contribution in [3.63, 3.8) is 0 Å². The summed E-state index contributed by atoms with van der Waals surface area (Å²) in [7, 11) is 0. The van der Waals surface area contributed by atoms with E-state index < -0.39 is 0 Å². The Bertz CT molecular complexity index is 496. The van der Waals surface area contributed by atoms with Crippen LogP contribution in [0.25, 0.3) is 0 Å². The summed E-state index contributed by atoms with van der Waals surface area (Å²) in [6.07, 6.45) is 5.79. The smallest absolute Gasteiger partial charge is 0.226 e. The van der Waals surface area contributed by atoms with Gasteiger partial charge in [0.15, 0.2) is 0 Å². The minimum absolute atomic E-state index is 0.194. The highest BCUT2D eigenvalue weighted by molar-refractivity contribution is 6.30. The summed E-state index contributed by atoms with van der Waals surface area (Å²) in [5.74, 6) is 0.583. The average Bonchev–Trinajstić information content (AvgIpc) is 2.57. The van der Waals surface area contributed by atoms with Gasteiger partial charge in [-0.05, 0) is 56.3 Å². The molecule has 1 aromatic carbocycles. The van der Waals surface area contributed by atoms with E-state index in [1.54, 1.807) is 0 Å². The molecule has 4 heteroatoms. The Kier molecular flexibility index (Phi) is 5.37. The minimum atomic E-state index is 0.194. The van der Waals surface area contributed by atoms with E-state index in [-0.39, 0.29) is 5.92 Å². The first kappa shape index (κ1) is 15.8. The van der Waals surface area contributed by atoms with Crippen LogP contribution in [-0.4, -0.2) is 41.9 Å². The fourth-order valence-electron chi connectivity index (χ4n) is 3.62. The molecule has 1 aromatic rings. The minimum Gasteiger partial charge on any atom is -0.342 e. The molecule has 2 heterocycles. The number of carbonyl (C=O) groups excluding carboxylic acids is 1. The summed E-state index contributed by atoms with van der Waals surface area (Å²) in [6.45, 7) is 4.84. The molecule has 2 saturated heterocycles. The lowest BCUT2D eigenvalue weighted by molar-refractivity contribution is -0.138. The highest BCUT2D eigenvalue weighted by Crippen LogP contribution is 2.22. The van der Waals surface area contributed by atoms with Crippen molar-refractivity contribution >= 4 is 17.5 Å². The number of rotatable bonds is 3. The number of benzene rings is 1. The number of amides is 1.